The van der Waals surface area contributed by atoms with Crippen molar-refractivity contribution in [2.24, 2.45) is 5.92 Å². The maximum atomic E-state index is 9.66. The molecule has 2 fully saturated rings. The van der Waals surface area contributed by atoms with Crippen LogP contribution in [0.5, 0.6) is 0 Å². The Balaban J connectivity index is 1.91. The molecule has 0 spiro atoms. The lowest BCUT2D eigenvalue weighted by Crippen LogP contribution is -2.54. The van der Waals surface area contributed by atoms with Gasteiger partial charge in [0.05, 0.1) is 6.07 Å². The highest BCUT2D eigenvalue weighted by molar-refractivity contribution is 5.11. The van der Waals surface area contributed by atoms with Crippen molar-refractivity contribution in [1.29, 1.82) is 5.26 Å². The molecular weight excluding hydrogens is 262 g/mol. The maximum Gasteiger partial charge on any atom is 0.108 e. The quantitative estimate of drug-likeness (QED) is 0.846. The summed E-state index contributed by atoms with van der Waals surface area (Å²) in [4.78, 5) is 2.50. The first-order chi connectivity index (χ1) is 10.0. The molecule has 0 bridgehead atoms. The number of hydrogen-bond donors (Lipinski definition) is 1. The van der Waals surface area contributed by atoms with E-state index in [0.29, 0.717) is 12.1 Å². The zero-order valence-electron chi connectivity index (χ0n) is 13.9. The van der Waals surface area contributed by atoms with Gasteiger partial charge >= 0.3 is 0 Å². The molecule has 2 aliphatic rings. The molecule has 2 rings (SSSR count). The molecule has 0 radical (unpaired) electrons. The van der Waals surface area contributed by atoms with Gasteiger partial charge in [0, 0.05) is 31.8 Å². The van der Waals surface area contributed by atoms with E-state index in [2.05, 4.69) is 37.2 Å². The molecule has 2 unspecified atom stereocenters. The Bertz CT molecular complexity index is 360. The summed E-state index contributed by atoms with van der Waals surface area (Å²) >= 11 is 0. The molecule has 0 aromatic heterocycles. The molecule has 1 aliphatic carbocycles. The monoisotopic (exact) mass is 293 g/mol. The van der Waals surface area contributed by atoms with Gasteiger partial charge in [-0.25, -0.2) is 0 Å². The molecule has 1 heterocycles. The van der Waals surface area contributed by atoms with Gasteiger partial charge in [-0.3, -0.25) is 5.32 Å². The maximum absolute atomic E-state index is 9.66. The molecule has 4 heteroatoms. The molecule has 0 aromatic carbocycles. The van der Waals surface area contributed by atoms with Crippen molar-refractivity contribution in [2.45, 2.75) is 70.0 Å². The van der Waals surface area contributed by atoms with Gasteiger partial charge in [-0.15, -0.1) is 0 Å². The smallest absolute Gasteiger partial charge is 0.108 e. The van der Waals surface area contributed by atoms with E-state index in [1.165, 1.54) is 19.3 Å². The second kappa shape index (κ2) is 7.58. The van der Waals surface area contributed by atoms with E-state index in [1.807, 2.05) is 0 Å². The molecule has 0 amide bonds. The van der Waals surface area contributed by atoms with Crippen molar-refractivity contribution in [1.82, 2.24) is 10.2 Å². The van der Waals surface area contributed by atoms with Crippen LogP contribution in [0.15, 0.2) is 0 Å². The molecule has 1 aliphatic heterocycles. The predicted octanol–water partition coefficient (Wildman–Crippen LogP) is 2.55. The Hall–Kier alpha value is -0.630. The van der Waals surface area contributed by atoms with Crippen LogP contribution in [-0.4, -0.2) is 49.3 Å². The Morgan fingerprint density at radius 1 is 1.33 bits per heavy atom. The normalized spacial score (nSPS) is 31.5. The summed E-state index contributed by atoms with van der Waals surface area (Å²) in [5, 5.41) is 13.2. The van der Waals surface area contributed by atoms with Crippen LogP contribution in [0.4, 0.5) is 0 Å². The molecule has 0 aromatic rings. The van der Waals surface area contributed by atoms with Gasteiger partial charge in [-0.2, -0.15) is 5.26 Å². The molecule has 1 N–H and O–H groups in total. The third-order valence-corrected chi connectivity index (χ3v) is 5.01. The summed E-state index contributed by atoms with van der Waals surface area (Å²) in [5.74, 6) is 0.764. The van der Waals surface area contributed by atoms with Crippen LogP contribution in [0.25, 0.3) is 0 Å². The lowest BCUT2D eigenvalue weighted by Gasteiger charge is -2.42. The van der Waals surface area contributed by atoms with E-state index in [9.17, 15) is 5.26 Å². The summed E-state index contributed by atoms with van der Waals surface area (Å²) in [6, 6.07) is 3.48. The van der Waals surface area contributed by atoms with E-state index < -0.39 is 0 Å². The fourth-order valence-corrected chi connectivity index (χ4v) is 3.92. The van der Waals surface area contributed by atoms with Crippen LogP contribution in [0.1, 0.15) is 52.4 Å². The van der Waals surface area contributed by atoms with Crippen molar-refractivity contribution >= 4 is 0 Å². The number of rotatable bonds is 5. The van der Waals surface area contributed by atoms with Crippen LogP contribution in [0.3, 0.4) is 0 Å². The van der Waals surface area contributed by atoms with Crippen LogP contribution >= 0.6 is 0 Å². The fourth-order valence-electron chi connectivity index (χ4n) is 3.92. The van der Waals surface area contributed by atoms with Gasteiger partial charge in [0.25, 0.3) is 0 Å². The Morgan fingerprint density at radius 2 is 2.05 bits per heavy atom. The van der Waals surface area contributed by atoms with E-state index in [-0.39, 0.29) is 5.54 Å². The minimum Gasteiger partial charge on any atom is -0.381 e. The SMILES string of the molecule is CC(C)NC1(C#N)CCCC(N(C)CC2CCOCC2)C1. The number of nitrogens with one attached hydrogen (secondary N) is 1. The number of nitriles is 1. The minimum atomic E-state index is -0.318. The molecule has 4 nitrogen and oxygen atoms in total. The molecular formula is C17H31N3O. The average Bonchev–Trinajstić information content (AvgIpc) is 2.48. The highest BCUT2D eigenvalue weighted by atomic mass is 16.5. The van der Waals surface area contributed by atoms with Crippen molar-refractivity contribution < 1.29 is 4.74 Å². The zero-order chi connectivity index (χ0) is 15.3. The Morgan fingerprint density at radius 3 is 2.67 bits per heavy atom. The second-order valence-electron chi connectivity index (χ2n) is 7.24. The minimum absolute atomic E-state index is 0.318. The van der Waals surface area contributed by atoms with Crippen LogP contribution in [0.2, 0.25) is 0 Å². The number of hydrogen-bond acceptors (Lipinski definition) is 4. The van der Waals surface area contributed by atoms with Gasteiger partial charge in [-0.05, 0) is 65.3 Å². The van der Waals surface area contributed by atoms with E-state index in [1.54, 1.807) is 0 Å². The zero-order valence-corrected chi connectivity index (χ0v) is 13.9. The van der Waals surface area contributed by atoms with Crippen LogP contribution in [0, 0.1) is 17.2 Å². The van der Waals surface area contributed by atoms with Gasteiger partial charge in [0.2, 0.25) is 0 Å². The van der Waals surface area contributed by atoms with Gasteiger partial charge in [0.15, 0.2) is 0 Å². The highest BCUT2D eigenvalue weighted by Crippen LogP contribution is 2.31. The number of ether oxygens (including phenoxy) is 1. The Kier molecular flexibility index (Phi) is 6.04. The fraction of sp³-hybridized carbons (Fsp3) is 0.941. The third-order valence-electron chi connectivity index (χ3n) is 5.01. The first-order valence-corrected chi connectivity index (χ1v) is 8.51. The molecule has 1 saturated heterocycles. The highest BCUT2D eigenvalue weighted by Gasteiger charge is 2.38. The van der Waals surface area contributed by atoms with Gasteiger partial charge in [-0.1, -0.05) is 0 Å². The topological polar surface area (TPSA) is 48.3 Å². The van der Waals surface area contributed by atoms with Crippen molar-refractivity contribution in [3.63, 3.8) is 0 Å². The average molecular weight is 293 g/mol. The molecule has 21 heavy (non-hydrogen) atoms. The van der Waals surface area contributed by atoms with Gasteiger partial charge in [0.1, 0.15) is 5.54 Å². The summed E-state index contributed by atoms with van der Waals surface area (Å²) in [6.07, 6.45) is 6.69. The summed E-state index contributed by atoms with van der Waals surface area (Å²) in [5.41, 5.74) is -0.318. The van der Waals surface area contributed by atoms with Crippen molar-refractivity contribution in [3.05, 3.63) is 0 Å². The van der Waals surface area contributed by atoms with E-state index in [0.717, 1.165) is 44.9 Å². The van der Waals surface area contributed by atoms with Crippen LogP contribution in [-0.2, 0) is 4.74 Å². The van der Waals surface area contributed by atoms with Crippen LogP contribution < -0.4 is 5.32 Å². The van der Waals surface area contributed by atoms with E-state index in [4.69, 9.17) is 4.74 Å². The molecule has 120 valence electrons. The summed E-state index contributed by atoms with van der Waals surface area (Å²) in [7, 11) is 2.24. The van der Waals surface area contributed by atoms with Crippen molar-refractivity contribution in [3.8, 4) is 6.07 Å². The largest absolute Gasteiger partial charge is 0.381 e. The third kappa shape index (κ3) is 4.67. The lowest BCUT2D eigenvalue weighted by atomic mass is 9.78. The predicted molar refractivity (Wildman–Crippen MR) is 85.0 cm³/mol. The molecule has 1 saturated carbocycles. The molecule has 2 atom stereocenters. The first kappa shape index (κ1) is 16.7. The summed E-state index contributed by atoms with van der Waals surface area (Å²) < 4.78 is 5.45. The van der Waals surface area contributed by atoms with Crippen molar-refractivity contribution in [2.75, 3.05) is 26.8 Å². The second-order valence-corrected chi connectivity index (χ2v) is 7.24. The van der Waals surface area contributed by atoms with E-state index >= 15 is 0 Å². The first-order valence-electron chi connectivity index (χ1n) is 8.51. The Labute approximate surface area is 129 Å². The number of nitrogens with zero attached hydrogens (tertiary/aromatic N) is 2. The lowest BCUT2D eigenvalue weighted by molar-refractivity contribution is 0.0433. The summed E-state index contributed by atoms with van der Waals surface area (Å²) in [6.45, 7) is 7.25. The van der Waals surface area contributed by atoms with Gasteiger partial charge < -0.3 is 9.64 Å². The standard InChI is InChI=1S/C17H31N3O/c1-14(2)19-17(13-18)8-4-5-16(11-17)20(3)12-15-6-9-21-10-7-15/h14-16,19H,4-12H2,1-3H3.